The maximum Gasteiger partial charge on any atom is 0.226 e. The van der Waals surface area contributed by atoms with Crippen LogP contribution in [-0.4, -0.2) is 49.2 Å². The molecule has 15 heavy (non-hydrogen) atoms. The Hall–Kier alpha value is -0.610. The minimum absolute atomic E-state index is 0.0154. The molecule has 2 N–H and O–H groups in total. The summed E-state index contributed by atoms with van der Waals surface area (Å²) in [5.74, 6) is 0.116. The predicted molar refractivity (Wildman–Crippen MR) is 61.7 cm³/mol. The SMILES string of the molecule is CCCCN(CCO)C(=O)C(C)CNC. The van der Waals surface area contributed by atoms with Crippen molar-refractivity contribution in [1.29, 1.82) is 0 Å². The van der Waals surface area contributed by atoms with Crippen molar-refractivity contribution in [3.8, 4) is 0 Å². The minimum Gasteiger partial charge on any atom is -0.395 e. The molecule has 0 aromatic carbocycles. The average Bonchev–Trinajstić information content (AvgIpc) is 2.23. The number of hydrogen-bond acceptors (Lipinski definition) is 3. The summed E-state index contributed by atoms with van der Waals surface area (Å²) >= 11 is 0. The van der Waals surface area contributed by atoms with Crippen molar-refractivity contribution in [3.05, 3.63) is 0 Å². The Morgan fingerprint density at radius 1 is 1.47 bits per heavy atom. The standard InChI is InChI=1S/C11H24N2O2/c1-4-5-6-13(7-8-14)11(15)10(2)9-12-3/h10,12,14H,4-9H2,1-3H3. The lowest BCUT2D eigenvalue weighted by molar-refractivity contribution is -0.135. The van der Waals surface area contributed by atoms with Gasteiger partial charge in [-0.15, -0.1) is 0 Å². The second kappa shape index (κ2) is 8.68. The number of nitrogens with one attached hydrogen (secondary N) is 1. The molecule has 0 heterocycles. The van der Waals surface area contributed by atoms with E-state index in [-0.39, 0.29) is 18.4 Å². The average molecular weight is 216 g/mol. The summed E-state index contributed by atoms with van der Waals surface area (Å²) in [7, 11) is 1.84. The Morgan fingerprint density at radius 2 is 2.13 bits per heavy atom. The molecule has 1 atom stereocenters. The van der Waals surface area contributed by atoms with Crippen LogP contribution in [0.4, 0.5) is 0 Å². The number of hydrogen-bond donors (Lipinski definition) is 2. The zero-order chi connectivity index (χ0) is 11.7. The number of carbonyl (C=O) groups excluding carboxylic acids is 1. The molecule has 1 amide bonds. The van der Waals surface area contributed by atoms with E-state index >= 15 is 0 Å². The molecular formula is C11H24N2O2. The second-order valence-corrected chi connectivity index (χ2v) is 3.86. The molecule has 90 valence electrons. The molecule has 0 aliphatic carbocycles. The van der Waals surface area contributed by atoms with Crippen LogP contribution in [0.5, 0.6) is 0 Å². The highest BCUT2D eigenvalue weighted by Gasteiger charge is 2.18. The number of carbonyl (C=O) groups is 1. The Labute approximate surface area is 92.7 Å². The summed E-state index contributed by atoms with van der Waals surface area (Å²) in [6, 6.07) is 0. The van der Waals surface area contributed by atoms with Crippen molar-refractivity contribution in [2.24, 2.45) is 5.92 Å². The van der Waals surface area contributed by atoms with Gasteiger partial charge in [-0.25, -0.2) is 0 Å². The van der Waals surface area contributed by atoms with Gasteiger partial charge in [-0.1, -0.05) is 20.3 Å². The van der Waals surface area contributed by atoms with Gasteiger partial charge in [0.1, 0.15) is 0 Å². The summed E-state index contributed by atoms with van der Waals surface area (Å²) in [5.41, 5.74) is 0. The second-order valence-electron chi connectivity index (χ2n) is 3.86. The molecule has 4 heteroatoms. The normalized spacial score (nSPS) is 12.5. The Kier molecular flexibility index (Phi) is 8.33. The van der Waals surface area contributed by atoms with Crippen LogP contribution in [0.15, 0.2) is 0 Å². The predicted octanol–water partition coefficient (Wildman–Crippen LogP) is 0.463. The number of nitrogens with zero attached hydrogens (tertiary/aromatic N) is 1. The van der Waals surface area contributed by atoms with Crippen LogP contribution >= 0.6 is 0 Å². The first-order valence-electron chi connectivity index (χ1n) is 5.71. The highest BCUT2D eigenvalue weighted by molar-refractivity contribution is 5.78. The first-order valence-corrected chi connectivity index (χ1v) is 5.71. The lowest BCUT2D eigenvalue weighted by Crippen LogP contribution is -2.40. The van der Waals surface area contributed by atoms with Gasteiger partial charge in [-0.2, -0.15) is 0 Å². The van der Waals surface area contributed by atoms with Crippen LogP contribution in [0, 0.1) is 5.92 Å². The molecule has 4 nitrogen and oxygen atoms in total. The third kappa shape index (κ3) is 5.74. The van der Waals surface area contributed by atoms with Crippen molar-refractivity contribution < 1.29 is 9.90 Å². The van der Waals surface area contributed by atoms with Crippen molar-refractivity contribution in [2.45, 2.75) is 26.7 Å². The van der Waals surface area contributed by atoms with Crippen molar-refractivity contribution in [2.75, 3.05) is 33.3 Å². The molecule has 0 spiro atoms. The van der Waals surface area contributed by atoms with E-state index in [1.54, 1.807) is 4.90 Å². The van der Waals surface area contributed by atoms with Gasteiger partial charge >= 0.3 is 0 Å². The van der Waals surface area contributed by atoms with Gasteiger partial charge in [0.2, 0.25) is 5.91 Å². The molecule has 0 rings (SSSR count). The Morgan fingerprint density at radius 3 is 2.60 bits per heavy atom. The number of rotatable bonds is 8. The zero-order valence-electron chi connectivity index (χ0n) is 10.1. The molecular weight excluding hydrogens is 192 g/mol. The summed E-state index contributed by atoms with van der Waals surface area (Å²) in [4.78, 5) is 13.7. The maximum absolute atomic E-state index is 11.9. The topological polar surface area (TPSA) is 52.6 Å². The van der Waals surface area contributed by atoms with Gasteiger partial charge in [-0.05, 0) is 13.5 Å². The Balaban J connectivity index is 4.13. The van der Waals surface area contributed by atoms with Crippen molar-refractivity contribution in [1.82, 2.24) is 10.2 Å². The highest BCUT2D eigenvalue weighted by atomic mass is 16.3. The number of amides is 1. The molecule has 0 aliphatic heterocycles. The van der Waals surface area contributed by atoms with E-state index in [1.165, 1.54) is 0 Å². The summed E-state index contributed by atoms with van der Waals surface area (Å²) in [6.45, 7) is 5.94. The number of aliphatic hydroxyl groups is 1. The van der Waals surface area contributed by atoms with Gasteiger partial charge in [0.15, 0.2) is 0 Å². The summed E-state index contributed by atoms with van der Waals surface area (Å²) in [5, 5.41) is 11.9. The third-order valence-electron chi connectivity index (χ3n) is 2.40. The van der Waals surface area contributed by atoms with E-state index in [0.29, 0.717) is 13.1 Å². The fraction of sp³-hybridized carbons (Fsp3) is 0.909. The van der Waals surface area contributed by atoms with Crippen molar-refractivity contribution >= 4 is 5.91 Å². The van der Waals surface area contributed by atoms with Crippen LogP contribution in [0.25, 0.3) is 0 Å². The smallest absolute Gasteiger partial charge is 0.226 e. The van der Waals surface area contributed by atoms with Gasteiger partial charge in [-0.3, -0.25) is 4.79 Å². The fourth-order valence-electron chi connectivity index (χ4n) is 1.51. The Bertz CT molecular complexity index is 174. The number of aliphatic hydroxyl groups excluding tert-OH is 1. The lowest BCUT2D eigenvalue weighted by Gasteiger charge is -2.24. The maximum atomic E-state index is 11.9. The third-order valence-corrected chi connectivity index (χ3v) is 2.40. The molecule has 0 aromatic rings. The van der Waals surface area contributed by atoms with E-state index in [2.05, 4.69) is 12.2 Å². The number of unbranched alkanes of at least 4 members (excludes halogenated alkanes) is 1. The first kappa shape index (κ1) is 14.4. The van der Waals surface area contributed by atoms with Crippen LogP contribution in [0.2, 0.25) is 0 Å². The van der Waals surface area contributed by atoms with E-state index in [9.17, 15) is 4.79 Å². The van der Waals surface area contributed by atoms with Crippen molar-refractivity contribution in [3.63, 3.8) is 0 Å². The quantitative estimate of drug-likeness (QED) is 0.620. The summed E-state index contributed by atoms with van der Waals surface area (Å²) < 4.78 is 0. The fourth-order valence-corrected chi connectivity index (χ4v) is 1.51. The van der Waals surface area contributed by atoms with E-state index in [0.717, 1.165) is 19.4 Å². The molecule has 1 unspecified atom stereocenters. The van der Waals surface area contributed by atoms with Crippen LogP contribution < -0.4 is 5.32 Å². The van der Waals surface area contributed by atoms with Crippen LogP contribution in [-0.2, 0) is 4.79 Å². The van der Waals surface area contributed by atoms with E-state index in [4.69, 9.17) is 5.11 Å². The molecule has 0 saturated heterocycles. The molecule has 0 fully saturated rings. The van der Waals surface area contributed by atoms with E-state index < -0.39 is 0 Å². The van der Waals surface area contributed by atoms with Gasteiger partial charge in [0.05, 0.1) is 6.61 Å². The van der Waals surface area contributed by atoms with Gasteiger partial charge in [0, 0.05) is 25.6 Å². The lowest BCUT2D eigenvalue weighted by atomic mass is 10.1. The largest absolute Gasteiger partial charge is 0.395 e. The van der Waals surface area contributed by atoms with Crippen LogP contribution in [0.1, 0.15) is 26.7 Å². The van der Waals surface area contributed by atoms with Gasteiger partial charge < -0.3 is 15.3 Å². The monoisotopic (exact) mass is 216 g/mol. The highest BCUT2D eigenvalue weighted by Crippen LogP contribution is 2.03. The molecule has 0 radical (unpaired) electrons. The molecule has 0 aliphatic rings. The van der Waals surface area contributed by atoms with Crippen LogP contribution in [0.3, 0.4) is 0 Å². The zero-order valence-corrected chi connectivity index (χ0v) is 10.1. The first-order chi connectivity index (χ1) is 7.17. The molecule has 0 saturated carbocycles. The minimum atomic E-state index is -0.0154. The van der Waals surface area contributed by atoms with Gasteiger partial charge in [0.25, 0.3) is 0 Å². The summed E-state index contributed by atoms with van der Waals surface area (Å²) in [6.07, 6.45) is 2.06. The molecule has 0 bridgehead atoms. The van der Waals surface area contributed by atoms with E-state index in [1.807, 2.05) is 14.0 Å². The molecule has 0 aromatic heterocycles.